The minimum absolute atomic E-state index is 0.254. The Hall–Kier alpha value is -2.54. The van der Waals surface area contributed by atoms with Gasteiger partial charge in [-0.05, 0) is 19.4 Å². The molecule has 114 valence electrons. The zero-order valence-corrected chi connectivity index (χ0v) is 12.5. The quantitative estimate of drug-likeness (QED) is 0.765. The Kier molecular flexibility index (Phi) is 3.50. The SMILES string of the molecule is CC(C)(n1cncn1)C(O)(Cn1cncn1)c1ccccc1. The second kappa shape index (κ2) is 5.34. The van der Waals surface area contributed by atoms with Crippen molar-refractivity contribution in [3.05, 3.63) is 61.2 Å². The molecule has 0 spiro atoms. The van der Waals surface area contributed by atoms with Crippen LogP contribution >= 0.6 is 0 Å². The largest absolute Gasteiger partial charge is 0.381 e. The normalized spacial score (nSPS) is 14.7. The predicted octanol–water partition coefficient (Wildman–Crippen LogP) is 1.19. The van der Waals surface area contributed by atoms with E-state index in [1.165, 1.54) is 12.7 Å². The average Bonchev–Trinajstić information content (AvgIpc) is 3.21. The van der Waals surface area contributed by atoms with Gasteiger partial charge in [-0.15, -0.1) is 0 Å². The average molecular weight is 298 g/mol. The van der Waals surface area contributed by atoms with Gasteiger partial charge in [0.1, 0.15) is 30.9 Å². The van der Waals surface area contributed by atoms with Gasteiger partial charge in [0, 0.05) is 0 Å². The summed E-state index contributed by atoms with van der Waals surface area (Å²) in [5.74, 6) is 0. The van der Waals surface area contributed by atoms with Crippen LogP contribution in [-0.4, -0.2) is 34.6 Å². The fraction of sp³-hybridized carbons (Fsp3) is 0.333. The van der Waals surface area contributed by atoms with Gasteiger partial charge in [0.25, 0.3) is 0 Å². The van der Waals surface area contributed by atoms with E-state index in [2.05, 4.69) is 20.2 Å². The highest BCUT2D eigenvalue weighted by atomic mass is 16.3. The molecule has 0 radical (unpaired) electrons. The topological polar surface area (TPSA) is 81.6 Å². The molecule has 1 atom stereocenters. The van der Waals surface area contributed by atoms with Crippen molar-refractivity contribution >= 4 is 0 Å². The number of nitrogens with zero attached hydrogens (tertiary/aromatic N) is 6. The summed E-state index contributed by atoms with van der Waals surface area (Å²) in [6.45, 7) is 4.10. The number of aliphatic hydroxyl groups is 1. The van der Waals surface area contributed by atoms with Crippen LogP contribution in [0.4, 0.5) is 0 Å². The summed E-state index contributed by atoms with van der Waals surface area (Å²) in [7, 11) is 0. The molecule has 1 N–H and O–H groups in total. The minimum atomic E-state index is -1.24. The summed E-state index contributed by atoms with van der Waals surface area (Å²) in [5, 5.41) is 19.9. The van der Waals surface area contributed by atoms with Crippen molar-refractivity contribution in [3.63, 3.8) is 0 Å². The number of hydrogen-bond donors (Lipinski definition) is 1. The van der Waals surface area contributed by atoms with Gasteiger partial charge in [-0.1, -0.05) is 30.3 Å². The van der Waals surface area contributed by atoms with Crippen LogP contribution in [0.5, 0.6) is 0 Å². The molecule has 0 aliphatic carbocycles. The number of rotatable bonds is 5. The maximum atomic E-state index is 11.6. The van der Waals surface area contributed by atoms with Crippen molar-refractivity contribution < 1.29 is 5.11 Å². The van der Waals surface area contributed by atoms with Crippen molar-refractivity contribution in [2.24, 2.45) is 0 Å². The summed E-state index contributed by atoms with van der Waals surface area (Å²) in [6, 6.07) is 9.52. The molecule has 1 aromatic carbocycles. The van der Waals surface area contributed by atoms with Crippen LogP contribution in [0.15, 0.2) is 55.6 Å². The van der Waals surface area contributed by atoms with Crippen molar-refractivity contribution in [1.82, 2.24) is 29.5 Å². The van der Waals surface area contributed by atoms with E-state index in [0.29, 0.717) is 0 Å². The highest BCUT2D eigenvalue weighted by Crippen LogP contribution is 2.39. The fourth-order valence-electron chi connectivity index (χ4n) is 2.59. The molecule has 3 rings (SSSR count). The number of benzene rings is 1. The molecule has 0 saturated carbocycles. The smallest absolute Gasteiger partial charge is 0.137 e. The van der Waals surface area contributed by atoms with E-state index in [-0.39, 0.29) is 6.54 Å². The Labute approximate surface area is 128 Å². The van der Waals surface area contributed by atoms with E-state index in [9.17, 15) is 5.11 Å². The fourth-order valence-corrected chi connectivity index (χ4v) is 2.59. The molecule has 0 aliphatic heterocycles. The molecule has 7 nitrogen and oxygen atoms in total. The predicted molar refractivity (Wildman–Crippen MR) is 79.7 cm³/mol. The van der Waals surface area contributed by atoms with Crippen LogP contribution in [0.2, 0.25) is 0 Å². The Balaban J connectivity index is 2.10. The van der Waals surface area contributed by atoms with Crippen LogP contribution in [0.25, 0.3) is 0 Å². The second-order valence-electron chi connectivity index (χ2n) is 5.72. The molecule has 0 aliphatic rings. The van der Waals surface area contributed by atoms with Gasteiger partial charge in [0.2, 0.25) is 0 Å². The van der Waals surface area contributed by atoms with Crippen molar-refractivity contribution in [1.29, 1.82) is 0 Å². The van der Waals surface area contributed by atoms with Crippen LogP contribution in [0, 0.1) is 0 Å². The summed E-state index contributed by atoms with van der Waals surface area (Å²) >= 11 is 0. The molecule has 0 bridgehead atoms. The molecule has 2 aromatic heterocycles. The van der Waals surface area contributed by atoms with Crippen molar-refractivity contribution in [3.8, 4) is 0 Å². The van der Waals surface area contributed by atoms with Gasteiger partial charge < -0.3 is 5.11 Å². The van der Waals surface area contributed by atoms with E-state index >= 15 is 0 Å². The minimum Gasteiger partial charge on any atom is -0.381 e. The first-order chi connectivity index (χ1) is 10.5. The Bertz CT molecular complexity index is 708. The Morgan fingerprint density at radius 2 is 1.68 bits per heavy atom. The van der Waals surface area contributed by atoms with Gasteiger partial charge in [-0.2, -0.15) is 10.2 Å². The first-order valence-corrected chi connectivity index (χ1v) is 6.99. The molecule has 0 saturated heterocycles. The second-order valence-corrected chi connectivity index (χ2v) is 5.72. The molecule has 1 unspecified atom stereocenters. The molecule has 7 heteroatoms. The molecular formula is C15H18N6O. The van der Waals surface area contributed by atoms with E-state index < -0.39 is 11.1 Å². The third kappa shape index (κ3) is 2.29. The zero-order chi connectivity index (χ0) is 15.6. The van der Waals surface area contributed by atoms with Gasteiger partial charge in [0.15, 0.2) is 0 Å². The first-order valence-electron chi connectivity index (χ1n) is 6.99. The van der Waals surface area contributed by atoms with Crippen LogP contribution in [-0.2, 0) is 17.7 Å². The molecule has 3 aromatic rings. The summed E-state index contributed by atoms with van der Waals surface area (Å²) in [6.07, 6.45) is 6.11. The monoisotopic (exact) mass is 298 g/mol. The van der Waals surface area contributed by atoms with Gasteiger partial charge in [-0.3, -0.25) is 0 Å². The maximum absolute atomic E-state index is 11.6. The van der Waals surface area contributed by atoms with E-state index in [0.717, 1.165) is 5.56 Å². The first kappa shape index (κ1) is 14.4. The zero-order valence-electron chi connectivity index (χ0n) is 12.5. The third-order valence-corrected chi connectivity index (χ3v) is 4.11. The lowest BCUT2D eigenvalue weighted by Crippen LogP contribution is -2.52. The number of hydrogen-bond acceptors (Lipinski definition) is 5. The molecular weight excluding hydrogens is 280 g/mol. The molecule has 0 fully saturated rings. The molecule has 22 heavy (non-hydrogen) atoms. The highest BCUT2D eigenvalue weighted by Gasteiger charge is 2.47. The lowest BCUT2D eigenvalue weighted by molar-refractivity contribution is -0.0861. The Morgan fingerprint density at radius 1 is 1.00 bits per heavy atom. The van der Waals surface area contributed by atoms with Crippen LogP contribution < -0.4 is 0 Å². The molecule has 0 amide bonds. The van der Waals surface area contributed by atoms with Crippen molar-refractivity contribution in [2.75, 3.05) is 0 Å². The maximum Gasteiger partial charge on any atom is 0.137 e. The third-order valence-electron chi connectivity index (χ3n) is 4.11. The summed E-state index contributed by atoms with van der Waals surface area (Å²) < 4.78 is 3.28. The van der Waals surface area contributed by atoms with Gasteiger partial charge in [-0.25, -0.2) is 19.3 Å². The summed E-state index contributed by atoms with van der Waals surface area (Å²) in [4.78, 5) is 7.95. The Morgan fingerprint density at radius 3 is 2.27 bits per heavy atom. The lowest BCUT2D eigenvalue weighted by Gasteiger charge is -2.42. The highest BCUT2D eigenvalue weighted by molar-refractivity contribution is 5.25. The van der Waals surface area contributed by atoms with Crippen LogP contribution in [0.3, 0.4) is 0 Å². The molecule has 2 heterocycles. The lowest BCUT2D eigenvalue weighted by atomic mass is 9.77. The summed E-state index contributed by atoms with van der Waals surface area (Å²) in [5.41, 5.74) is -1.20. The van der Waals surface area contributed by atoms with E-state index in [4.69, 9.17) is 0 Å². The van der Waals surface area contributed by atoms with Gasteiger partial charge in [0.05, 0.1) is 12.1 Å². The van der Waals surface area contributed by atoms with Crippen molar-refractivity contribution in [2.45, 2.75) is 31.5 Å². The number of aromatic nitrogens is 6. The van der Waals surface area contributed by atoms with E-state index in [1.807, 2.05) is 44.2 Å². The van der Waals surface area contributed by atoms with E-state index in [1.54, 1.807) is 22.0 Å². The van der Waals surface area contributed by atoms with Crippen LogP contribution in [0.1, 0.15) is 19.4 Å². The van der Waals surface area contributed by atoms with Gasteiger partial charge >= 0.3 is 0 Å². The standard InChI is InChI=1S/C15H18N6O/c1-14(2,21-12-17-10-19-21)15(22,8-20-11-16-9-18-20)13-6-4-3-5-7-13/h3-7,9-12,22H,8H2,1-2H3.